The van der Waals surface area contributed by atoms with Gasteiger partial charge in [-0.2, -0.15) is 10.2 Å². The van der Waals surface area contributed by atoms with Crippen molar-refractivity contribution in [2.75, 3.05) is 7.11 Å². The number of nitrogens with one attached hydrogen (secondary N) is 1. The van der Waals surface area contributed by atoms with E-state index in [0.29, 0.717) is 0 Å². The number of hydrogen-bond acceptors (Lipinski definition) is 3. The molecule has 5 nitrogen and oxygen atoms in total. The van der Waals surface area contributed by atoms with Gasteiger partial charge in [-0.3, -0.25) is 5.10 Å². The smallest absolute Gasteiger partial charge is 0.118 e. The minimum atomic E-state index is 0.864. The van der Waals surface area contributed by atoms with E-state index in [1.165, 1.54) is 10.8 Å². The molecule has 0 bridgehead atoms. The summed E-state index contributed by atoms with van der Waals surface area (Å²) >= 11 is 0. The van der Waals surface area contributed by atoms with Crippen LogP contribution >= 0.6 is 0 Å². The Labute approximate surface area is 163 Å². The van der Waals surface area contributed by atoms with Gasteiger partial charge in [0, 0.05) is 24.0 Å². The molecule has 0 saturated carbocycles. The van der Waals surface area contributed by atoms with E-state index in [-0.39, 0.29) is 0 Å². The molecule has 3 aromatic carbocycles. The maximum absolute atomic E-state index is 5.06. The molecule has 0 radical (unpaired) electrons. The molecule has 5 heteroatoms. The molecule has 0 atom stereocenters. The highest BCUT2D eigenvalue weighted by atomic mass is 16.5. The summed E-state index contributed by atoms with van der Waals surface area (Å²) in [5, 5.41) is 13.5. The van der Waals surface area contributed by atoms with Crippen LogP contribution in [0.2, 0.25) is 0 Å². The molecular formula is C23H20N4O. The highest BCUT2D eigenvalue weighted by Crippen LogP contribution is 2.21. The Morgan fingerprint density at radius 2 is 1.64 bits per heavy atom. The summed E-state index contributed by atoms with van der Waals surface area (Å²) < 4.78 is 6.95. The lowest BCUT2D eigenvalue weighted by Crippen LogP contribution is -1.94. The molecule has 0 spiro atoms. The highest BCUT2D eigenvalue weighted by molar-refractivity contribution is 5.89. The van der Waals surface area contributed by atoms with Crippen molar-refractivity contribution >= 4 is 10.8 Å². The lowest BCUT2D eigenvalue weighted by atomic mass is 10.1. The number of H-pyrrole nitrogens is 1. The summed E-state index contributed by atoms with van der Waals surface area (Å²) in [5.74, 6) is 0.864. The molecule has 0 amide bonds. The number of fused-ring (bicyclic) bond motifs is 1. The van der Waals surface area contributed by atoms with Crippen molar-refractivity contribution in [3.05, 3.63) is 97.5 Å². The number of aromatic nitrogens is 4. The fraction of sp³-hybridized carbons (Fsp3) is 0.0435. The molecule has 2 aromatic heterocycles. The van der Waals surface area contributed by atoms with Crippen molar-refractivity contribution in [1.82, 2.24) is 20.0 Å². The summed E-state index contributed by atoms with van der Waals surface area (Å²) in [6.45, 7) is 0. The van der Waals surface area contributed by atoms with Crippen LogP contribution in [0.15, 0.2) is 97.5 Å². The van der Waals surface area contributed by atoms with Crippen LogP contribution in [0.25, 0.3) is 27.7 Å². The van der Waals surface area contributed by atoms with Gasteiger partial charge in [0.05, 0.1) is 18.5 Å². The number of nitrogens with zero attached hydrogens (tertiary/aromatic N) is 3. The summed E-state index contributed by atoms with van der Waals surface area (Å²) in [6, 6.07) is 26.3. The average molecular weight is 368 g/mol. The second kappa shape index (κ2) is 8.22. The first-order valence-electron chi connectivity index (χ1n) is 8.97. The Morgan fingerprint density at radius 1 is 0.821 bits per heavy atom. The van der Waals surface area contributed by atoms with Crippen LogP contribution in [0.5, 0.6) is 5.75 Å². The third-order valence-electron chi connectivity index (χ3n) is 4.42. The molecular weight excluding hydrogens is 348 g/mol. The van der Waals surface area contributed by atoms with E-state index in [4.69, 9.17) is 4.74 Å². The van der Waals surface area contributed by atoms with E-state index in [9.17, 15) is 0 Å². The minimum Gasteiger partial charge on any atom is -0.497 e. The van der Waals surface area contributed by atoms with Crippen molar-refractivity contribution in [3.8, 4) is 22.7 Å². The second-order valence-electron chi connectivity index (χ2n) is 6.15. The fourth-order valence-electron chi connectivity index (χ4n) is 3.01. The molecule has 5 aromatic rings. The maximum Gasteiger partial charge on any atom is 0.118 e. The van der Waals surface area contributed by atoms with Crippen LogP contribution in [-0.4, -0.2) is 27.1 Å². The summed E-state index contributed by atoms with van der Waals surface area (Å²) in [6.07, 6.45) is 5.49. The van der Waals surface area contributed by atoms with Gasteiger partial charge in [0.15, 0.2) is 0 Å². The van der Waals surface area contributed by atoms with Crippen molar-refractivity contribution in [3.63, 3.8) is 0 Å². The monoisotopic (exact) mass is 368 g/mol. The van der Waals surface area contributed by atoms with Gasteiger partial charge < -0.3 is 4.74 Å². The third kappa shape index (κ3) is 3.78. The number of benzene rings is 3. The predicted molar refractivity (Wildman–Crippen MR) is 112 cm³/mol. The van der Waals surface area contributed by atoms with Crippen LogP contribution in [0.3, 0.4) is 0 Å². The molecule has 0 saturated heterocycles. The number of hydrogen-bond donors (Lipinski definition) is 1. The largest absolute Gasteiger partial charge is 0.497 e. The molecule has 0 aliphatic rings. The Hall–Kier alpha value is -3.86. The first-order chi connectivity index (χ1) is 13.8. The molecule has 138 valence electrons. The van der Waals surface area contributed by atoms with E-state index in [1.807, 2.05) is 47.3 Å². The van der Waals surface area contributed by atoms with Gasteiger partial charge in [-0.05, 0) is 53.4 Å². The van der Waals surface area contributed by atoms with Gasteiger partial charge in [-0.1, -0.05) is 36.4 Å². The van der Waals surface area contributed by atoms with Gasteiger partial charge in [-0.25, -0.2) is 4.68 Å². The highest BCUT2D eigenvalue weighted by Gasteiger charge is 2.01. The third-order valence-corrected chi connectivity index (χ3v) is 4.42. The maximum atomic E-state index is 5.06. The lowest BCUT2D eigenvalue weighted by Gasteiger charge is -2.05. The van der Waals surface area contributed by atoms with E-state index in [1.54, 1.807) is 19.5 Å². The fourth-order valence-corrected chi connectivity index (χ4v) is 3.01. The van der Waals surface area contributed by atoms with Gasteiger partial charge in [0.2, 0.25) is 0 Å². The molecule has 28 heavy (non-hydrogen) atoms. The topological polar surface area (TPSA) is 55.7 Å². The average Bonchev–Trinajstić information content (AvgIpc) is 3.48. The van der Waals surface area contributed by atoms with E-state index in [2.05, 4.69) is 57.8 Å². The van der Waals surface area contributed by atoms with Crippen molar-refractivity contribution < 1.29 is 4.74 Å². The summed E-state index contributed by atoms with van der Waals surface area (Å²) in [5.41, 5.74) is 3.25. The first-order valence-corrected chi connectivity index (χ1v) is 8.97. The summed E-state index contributed by atoms with van der Waals surface area (Å²) in [4.78, 5) is 0. The number of rotatable bonds is 3. The standard InChI is InChI=1S/C13H10N2.C10H10N2O/c1-2-7-12-11(5-1)6-3-8-13(12)15-10-4-9-14-15;1-13-9-4-2-8(3-5-9)10-6-7-11-12-10/h1-10H;2-7H,1H3,(H,11,12). The molecule has 0 unspecified atom stereocenters. The lowest BCUT2D eigenvalue weighted by molar-refractivity contribution is 0.415. The molecule has 0 aliphatic heterocycles. The van der Waals surface area contributed by atoms with Crippen LogP contribution in [0.4, 0.5) is 0 Å². The number of ether oxygens (including phenoxy) is 1. The van der Waals surface area contributed by atoms with Gasteiger partial charge in [-0.15, -0.1) is 0 Å². The van der Waals surface area contributed by atoms with E-state index < -0.39 is 0 Å². The second-order valence-corrected chi connectivity index (χ2v) is 6.15. The molecule has 1 N–H and O–H groups in total. The van der Waals surface area contributed by atoms with Crippen molar-refractivity contribution in [1.29, 1.82) is 0 Å². The van der Waals surface area contributed by atoms with Gasteiger partial charge in [0.1, 0.15) is 5.75 Å². The van der Waals surface area contributed by atoms with Crippen LogP contribution < -0.4 is 4.74 Å². The Balaban J connectivity index is 0.000000139. The Bertz CT molecular complexity index is 1130. The first kappa shape index (κ1) is 17.5. The predicted octanol–water partition coefficient (Wildman–Crippen LogP) is 5.11. The van der Waals surface area contributed by atoms with E-state index >= 15 is 0 Å². The Morgan fingerprint density at radius 3 is 2.36 bits per heavy atom. The molecule has 0 fully saturated rings. The van der Waals surface area contributed by atoms with Crippen molar-refractivity contribution in [2.24, 2.45) is 0 Å². The van der Waals surface area contributed by atoms with Crippen molar-refractivity contribution in [2.45, 2.75) is 0 Å². The van der Waals surface area contributed by atoms with E-state index in [0.717, 1.165) is 22.7 Å². The zero-order valence-electron chi connectivity index (χ0n) is 15.5. The normalized spacial score (nSPS) is 10.3. The zero-order chi connectivity index (χ0) is 19.2. The van der Waals surface area contributed by atoms with Gasteiger partial charge in [0.25, 0.3) is 0 Å². The summed E-state index contributed by atoms with van der Waals surface area (Å²) in [7, 11) is 1.66. The van der Waals surface area contributed by atoms with Gasteiger partial charge >= 0.3 is 0 Å². The Kier molecular flexibility index (Phi) is 5.15. The minimum absolute atomic E-state index is 0.864. The van der Waals surface area contributed by atoms with Crippen LogP contribution in [0, 0.1) is 0 Å². The SMILES string of the molecule is COc1ccc(-c2ccn[nH]2)cc1.c1ccc2c(-n3cccn3)cccc2c1. The molecule has 5 rings (SSSR count). The van der Waals surface area contributed by atoms with Crippen LogP contribution in [-0.2, 0) is 0 Å². The zero-order valence-corrected chi connectivity index (χ0v) is 15.5. The van der Waals surface area contributed by atoms with Crippen LogP contribution in [0.1, 0.15) is 0 Å². The molecule has 0 aliphatic carbocycles. The number of aromatic amines is 1. The quantitative estimate of drug-likeness (QED) is 0.481. The number of methoxy groups -OCH3 is 1. The molecule has 2 heterocycles.